The number of hydrogen-bond donors (Lipinski definition) is 1. The number of piperazine rings is 1. The summed E-state index contributed by atoms with van der Waals surface area (Å²) in [6.07, 6.45) is 1.48. The van der Waals surface area contributed by atoms with Crippen LogP contribution >= 0.6 is 23.2 Å². The number of rotatable bonds is 6. The van der Waals surface area contributed by atoms with Crippen molar-refractivity contribution >= 4 is 41.1 Å². The Morgan fingerprint density at radius 1 is 1.19 bits per heavy atom. The van der Waals surface area contributed by atoms with Crippen LogP contribution in [0.5, 0.6) is 0 Å². The van der Waals surface area contributed by atoms with Crippen LogP contribution in [0, 0.1) is 0 Å². The highest BCUT2D eigenvalue weighted by Gasteiger charge is 2.39. The molecule has 2 aliphatic rings. The number of nitrogens with one attached hydrogen (secondary N) is 1. The van der Waals surface area contributed by atoms with Crippen LogP contribution in [0.1, 0.15) is 36.0 Å². The van der Waals surface area contributed by atoms with Gasteiger partial charge in [0.25, 0.3) is 5.91 Å². The molecular formula is C25H28Cl2N4O5. The van der Waals surface area contributed by atoms with Gasteiger partial charge in [0.05, 0.1) is 34.5 Å². The van der Waals surface area contributed by atoms with Crippen LogP contribution in [0.15, 0.2) is 52.3 Å². The van der Waals surface area contributed by atoms with Gasteiger partial charge in [0.2, 0.25) is 0 Å². The largest absolute Gasteiger partial charge is 0.463 e. The molecule has 2 aliphatic heterocycles. The maximum atomic E-state index is 13.2. The fraction of sp³-hybridized carbons (Fsp3) is 0.400. The van der Waals surface area contributed by atoms with E-state index in [1.807, 2.05) is 6.92 Å². The van der Waals surface area contributed by atoms with E-state index < -0.39 is 12.0 Å². The summed E-state index contributed by atoms with van der Waals surface area (Å²) in [6.45, 7) is 5.73. The van der Waals surface area contributed by atoms with E-state index in [0.717, 1.165) is 0 Å². The lowest BCUT2D eigenvalue weighted by molar-refractivity contribution is -0.139. The van der Waals surface area contributed by atoms with Crippen LogP contribution in [-0.2, 0) is 9.53 Å². The Balaban J connectivity index is 1.65. The van der Waals surface area contributed by atoms with Gasteiger partial charge in [0.15, 0.2) is 5.76 Å². The Morgan fingerprint density at radius 2 is 1.97 bits per heavy atom. The average molecular weight is 535 g/mol. The topological polar surface area (TPSA) is 95.3 Å². The molecule has 0 aliphatic carbocycles. The summed E-state index contributed by atoms with van der Waals surface area (Å²) in [5.74, 6) is -0.406. The van der Waals surface area contributed by atoms with Crippen molar-refractivity contribution in [3.63, 3.8) is 0 Å². The molecule has 1 fully saturated rings. The highest BCUT2D eigenvalue weighted by molar-refractivity contribution is 6.42. The first-order valence-electron chi connectivity index (χ1n) is 11.7. The number of likely N-dealkylation sites (N-methyl/N-ethyl adjacent to an activating group) is 1. The summed E-state index contributed by atoms with van der Waals surface area (Å²) in [7, 11) is 1.61. The first kappa shape index (κ1) is 26.1. The van der Waals surface area contributed by atoms with Gasteiger partial charge in [-0.1, -0.05) is 35.3 Å². The highest BCUT2D eigenvalue weighted by Crippen LogP contribution is 2.37. The number of carbonyl (C=O) groups is 3. The van der Waals surface area contributed by atoms with E-state index in [1.54, 1.807) is 49.2 Å². The number of hydrogen-bond acceptors (Lipinski definition) is 6. The van der Waals surface area contributed by atoms with Gasteiger partial charge >= 0.3 is 12.0 Å². The molecule has 2 aromatic rings. The first-order chi connectivity index (χ1) is 17.2. The quantitative estimate of drug-likeness (QED) is 0.563. The number of urea groups is 1. The number of amides is 3. The first-order valence-corrected chi connectivity index (χ1v) is 12.4. The van der Waals surface area contributed by atoms with Crippen molar-refractivity contribution in [3.8, 4) is 0 Å². The minimum Gasteiger partial charge on any atom is -0.463 e. The van der Waals surface area contributed by atoms with Crippen LogP contribution in [-0.4, -0.2) is 78.5 Å². The molecule has 0 radical (unpaired) electrons. The fourth-order valence-electron chi connectivity index (χ4n) is 4.61. The maximum absolute atomic E-state index is 13.2. The van der Waals surface area contributed by atoms with Crippen molar-refractivity contribution in [2.75, 3.05) is 39.8 Å². The molecule has 0 unspecified atom stereocenters. The Bertz CT molecular complexity index is 1180. The number of furan rings is 1. The van der Waals surface area contributed by atoms with Gasteiger partial charge in [-0.05, 0) is 37.6 Å². The molecule has 11 heteroatoms. The molecule has 36 heavy (non-hydrogen) atoms. The SMILES string of the molecule is CCOC(=O)C1=C(CN2CCN(C(=O)c3ccco3)[C@@H](C)C2)N(C)C(=O)N[C@H]1c1cccc(Cl)c1Cl. The van der Waals surface area contributed by atoms with E-state index in [9.17, 15) is 14.4 Å². The molecule has 2 atom stereocenters. The summed E-state index contributed by atoms with van der Waals surface area (Å²) < 4.78 is 10.7. The molecule has 192 valence electrons. The fourth-order valence-corrected chi connectivity index (χ4v) is 5.02. The third kappa shape index (κ3) is 5.09. The Morgan fingerprint density at radius 3 is 2.64 bits per heavy atom. The molecule has 0 saturated carbocycles. The van der Waals surface area contributed by atoms with E-state index in [2.05, 4.69) is 10.2 Å². The van der Waals surface area contributed by atoms with Crippen molar-refractivity contribution in [1.29, 1.82) is 0 Å². The molecule has 1 saturated heterocycles. The number of esters is 1. The van der Waals surface area contributed by atoms with Crippen LogP contribution < -0.4 is 5.32 Å². The molecule has 9 nitrogen and oxygen atoms in total. The molecule has 3 amide bonds. The van der Waals surface area contributed by atoms with Crippen LogP contribution in [0.3, 0.4) is 0 Å². The van der Waals surface area contributed by atoms with E-state index in [1.165, 1.54) is 11.2 Å². The van der Waals surface area contributed by atoms with Gasteiger partial charge in [-0.25, -0.2) is 9.59 Å². The summed E-state index contributed by atoms with van der Waals surface area (Å²) in [6, 6.07) is 7.11. The number of benzene rings is 1. The van der Waals surface area contributed by atoms with E-state index >= 15 is 0 Å². The van der Waals surface area contributed by atoms with Gasteiger partial charge in [-0.2, -0.15) is 0 Å². The number of nitrogens with zero attached hydrogens (tertiary/aromatic N) is 3. The maximum Gasteiger partial charge on any atom is 0.338 e. The van der Waals surface area contributed by atoms with Crippen molar-refractivity contribution in [2.45, 2.75) is 25.9 Å². The smallest absolute Gasteiger partial charge is 0.338 e. The standard InChI is InChI=1S/C25H28Cl2N4O5/c1-4-35-24(33)20-18(29(3)25(34)28-22(20)16-7-5-8-17(26)21(16)27)14-30-10-11-31(15(2)13-30)23(32)19-9-6-12-36-19/h5-9,12,15,22H,4,10-11,13-14H2,1-3H3,(H,28,34)/t15-,22-/m0/s1. The second-order valence-corrected chi connectivity index (χ2v) is 9.51. The molecule has 4 rings (SSSR count). The summed E-state index contributed by atoms with van der Waals surface area (Å²) in [5, 5.41) is 3.43. The lowest BCUT2D eigenvalue weighted by atomic mass is 9.94. The Kier molecular flexibility index (Phi) is 7.92. The Labute approximate surface area is 219 Å². The van der Waals surface area contributed by atoms with Gasteiger partial charge in [-0.3, -0.25) is 14.6 Å². The second-order valence-electron chi connectivity index (χ2n) is 8.73. The van der Waals surface area contributed by atoms with Gasteiger partial charge in [0, 0.05) is 45.0 Å². The monoisotopic (exact) mass is 534 g/mol. The third-order valence-corrected chi connectivity index (χ3v) is 7.28. The second kappa shape index (κ2) is 10.9. The molecule has 0 spiro atoms. The molecule has 3 heterocycles. The number of ether oxygens (including phenoxy) is 1. The van der Waals surface area contributed by atoms with Crippen molar-refractivity contribution in [2.24, 2.45) is 0 Å². The molecular weight excluding hydrogens is 507 g/mol. The number of carbonyl (C=O) groups excluding carboxylic acids is 3. The lowest BCUT2D eigenvalue weighted by Gasteiger charge is -2.42. The summed E-state index contributed by atoms with van der Waals surface area (Å²) in [4.78, 5) is 44.3. The molecule has 1 aromatic heterocycles. The van der Waals surface area contributed by atoms with E-state index in [4.69, 9.17) is 32.4 Å². The normalized spacial score (nSPS) is 21.0. The zero-order chi connectivity index (χ0) is 26.0. The van der Waals surface area contributed by atoms with Crippen LogP contribution in [0.25, 0.3) is 0 Å². The van der Waals surface area contributed by atoms with Crippen molar-refractivity contribution < 1.29 is 23.5 Å². The van der Waals surface area contributed by atoms with Crippen LogP contribution in [0.2, 0.25) is 10.0 Å². The van der Waals surface area contributed by atoms with Gasteiger partial charge < -0.3 is 19.4 Å². The van der Waals surface area contributed by atoms with E-state index in [0.29, 0.717) is 53.8 Å². The van der Waals surface area contributed by atoms with Crippen molar-refractivity contribution in [1.82, 2.24) is 20.0 Å². The highest BCUT2D eigenvalue weighted by atomic mass is 35.5. The minimum absolute atomic E-state index is 0.108. The average Bonchev–Trinajstić information content (AvgIpc) is 3.38. The van der Waals surface area contributed by atoms with Crippen molar-refractivity contribution in [3.05, 3.63) is 69.2 Å². The summed E-state index contributed by atoms with van der Waals surface area (Å²) >= 11 is 12.7. The molecule has 1 N–H and O–H groups in total. The predicted octanol–water partition coefficient (Wildman–Crippen LogP) is 3.95. The third-order valence-electron chi connectivity index (χ3n) is 6.44. The zero-order valence-electron chi connectivity index (χ0n) is 20.3. The van der Waals surface area contributed by atoms with Gasteiger partial charge in [0.1, 0.15) is 0 Å². The van der Waals surface area contributed by atoms with Crippen LogP contribution in [0.4, 0.5) is 4.79 Å². The molecule has 1 aromatic carbocycles. The minimum atomic E-state index is -0.826. The number of halogens is 2. The van der Waals surface area contributed by atoms with Gasteiger partial charge in [-0.15, -0.1) is 0 Å². The predicted molar refractivity (Wildman–Crippen MR) is 135 cm³/mol. The zero-order valence-corrected chi connectivity index (χ0v) is 21.8. The lowest BCUT2D eigenvalue weighted by Crippen LogP contribution is -2.56. The molecule has 0 bridgehead atoms. The van der Waals surface area contributed by atoms with E-state index in [-0.39, 0.29) is 29.6 Å². The Hall–Kier alpha value is -3.01. The summed E-state index contributed by atoms with van der Waals surface area (Å²) in [5.41, 5.74) is 1.31.